The van der Waals surface area contributed by atoms with Crippen molar-refractivity contribution in [2.24, 2.45) is 5.73 Å². The molecule has 0 radical (unpaired) electrons. The molecular weight excluding hydrogens is 498 g/mol. The molecule has 0 bridgehead atoms. The number of ether oxygens (including phenoxy) is 3. The first-order valence-electron chi connectivity index (χ1n) is 13.8. The van der Waals surface area contributed by atoms with Crippen LogP contribution in [-0.4, -0.2) is 71.9 Å². The highest BCUT2D eigenvalue weighted by molar-refractivity contribution is 5.79. The molecule has 1 atom stereocenters. The molecule has 2 aliphatic heterocycles. The third-order valence-electron chi connectivity index (χ3n) is 7.52. The molecule has 2 N–H and O–H groups in total. The van der Waals surface area contributed by atoms with Gasteiger partial charge in [0.1, 0.15) is 18.9 Å². The lowest BCUT2D eigenvalue weighted by atomic mass is 10.2. The smallest absolute Gasteiger partial charge is 0.410 e. The highest BCUT2D eigenvalue weighted by Gasteiger charge is 2.28. The molecule has 2 amide bonds. The fourth-order valence-electron chi connectivity index (χ4n) is 5.42. The summed E-state index contributed by atoms with van der Waals surface area (Å²) in [4.78, 5) is 28.7. The van der Waals surface area contributed by atoms with Gasteiger partial charge in [-0.3, -0.25) is 4.79 Å². The first-order chi connectivity index (χ1) is 19.1. The average molecular weight is 537 g/mol. The Morgan fingerprint density at radius 1 is 1.08 bits per heavy atom. The molecular formula is C29H38N5O5+. The van der Waals surface area contributed by atoms with Gasteiger partial charge in [0.25, 0.3) is 11.7 Å². The summed E-state index contributed by atoms with van der Waals surface area (Å²) in [7, 11) is 0. The number of hydrogen-bond donors (Lipinski definition) is 1. The maximum atomic E-state index is 12.9. The van der Waals surface area contributed by atoms with E-state index in [1.54, 1.807) is 9.80 Å². The van der Waals surface area contributed by atoms with Crippen LogP contribution in [0.2, 0.25) is 0 Å². The summed E-state index contributed by atoms with van der Waals surface area (Å²) in [5, 5.41) is 0. The molecule has 1 unspecified atom stereocenters. The molecule has 10 nitrogen and oxygen atoms in total. The Kier molecular flexibility index (Phi) is 8.63. The van der Waals surface area contributed by atoms with Gasteiger partial charge in [-0.2, -0.15) is 0 Å². The number of piperazine rings is 1. The predicted molar refractivity (Wildman–Crippen MR) is 145 cm³/mol. The van der Waals surface area contributed by atoms with Crippen LogP contribution in [0, 0.1) is 0 Å². The number of fused-ring (bicyclic) bond motifs is 1. The number of nitrogens with two attached hydrogens (primary N) is 1. The summed E-state index contributed by atoms with van der Waals surface area (Å²) in [5.74, 6) is 1.58. The van der Waals surface area contributed by atoms with Crippen LogP contribution in [0.15, 0.2) is 48.5 Å². The summed E-state index contributed by atoms with van der Waals surface area (Å²) < 4.78 is 21.7. The van der Waals surface area contributed by atoms with E-state index in [0.29, 0.717) is 38.5 Å². The van der Waals surface area contributed by atoms with Crippen molar-refractivity contribution >= 4 is 23.0 Å². The SMILES string of the molecule is CC[n+]1c(CN)n(CC2CCCO2)c2cc(OCC(=O)N3CCN(C(=O)OCc4ccccc4)CC3)ccc21. The second kappa shape index (κ2) is 12.5. The van der Waals surface area contributed by atoms with Crippen molar-refractivity contribution in [2.45, 2.75) is 52.1 Å². The van der Waals surface area contributed by atoms with Crippen LogP contribution < -0.4 is 15.0 Å². The summed E-state index contributed by atoms with van der Waals surface area (Å²) in [6.45, 7) is 6.83. The minimum absolute atomic E-state index is 0.0616. The van der Waals surface area contributed by atoms with Crippen LogP contribution in [0.1, 0.15) is 31.2 Å². The zero-order chi connectivity index (χ0) is 27.2. The van der Waals surface area contributed by atoms with Crippen LogP contribution in [0.3, 0.4) is 0 Å². The maximum Gasteiger partial charge on any atom is 0.410 e. The van der Waals surface area contributed by atoms with E-state index < -0.39 is 0 Å². The second-order valence-electron chi connectivity index (χ2n) is 9.96. The average Bonchev–Trinajstić information content (AvgIpc) is 3.60. The Labute approximate surface area is 228 Å². The number of carbonyl (C=O) groups excluding carboxylic acids is 2. The molecule has 0 saturated carbocycles. The molecule has 3 heterocycles. The number of nitrogens with zero attached hydrogens (tertiary/aromatic N) is 4. The topological polar surface area (TPSA) is 103 Å². The number of aryl methyl sites for hydroxylation is 1. The zero-order valence-corrected chi connectivity index (χ0v) is 22.6. The van der Waals surface area contributed by atoms with E-state index in [-0.39, 0.29) is 31.3 Å². The lowest BCUT2D eigenvalue weighted by Gasteiger charge is -2.34. The Balaban J connectivity index is 1.17. The van der Waals surface area contributed by atoms with Gasteiger partial charge in [-0.25, -0.2) is 13.9 Å². The van der Waals surface area contributed by atoms with E-state index in [9.17, 15) is 9.59 Å². The molecule has 10 heteroatoms. The van der Waals surface area contributed by atoms with Crippen molar-refractivity contribution in [1.82, 2.24) is 14.4 Å². The number of imidazole rings is 1. The Morgan fingerprint density at radius 3 is 2.54 bits per heavy atom. The molecule has 0 aliphatic carbocycles. The minimum Gasteiger partial charge on any atom is -0.484 e. The molecule has 5 rings (SSSR count). The van der Waals surface area contributed by atoms with Crippen molar-refractivity contribution in [2.75, 3.05) is 39.4 Å². The van der Waals surface area contributed by atoms with Gasteiger partial charge in [0.15, 0.2) is 17.6 Å². The van der Waals surface area contributed by atoms with Gasteiger partial charge in [0.2, 0.25) is 0 Å². The molecule has 1 aromatic heterocycles. The number of rotatable bonds is 9. The third kappa shape index (κ3) is 6.17. The molecule has 2 fully saturated rings. The molecule has 39 heavy (non-hydrogen) atoms. The van der Waals surface area contributed by atoms with Gasteiger partial charge in [0, 0.05) is 38.9 Å². The summed E-state index contributed by atoms with van der Waals surface area (Å²) >= 11 is 0. The van der Waals surface area contributed by atoms with E-state index >= 15 is 0 Å². The van der Waals surface area contributed by atoms with Gasteiger partial charge in [0.05, 0.1) is 19.2 Å². The van der Waals surface area contributed by atoms with Gasteiger partial charge in [-0.15, -0.1) is 0 Å². The van der Waals surface area contributed by atoms with Gasteiger partial charge in [-0.05, 0) is 37.5 Å². The van der Waals surface area contributed by atoms with Crippen molar-refractivity contribution in [3.05, 3.63) is 59.9 Å². The van der Waals surface area contributed by atoms with Gasteiger partial charge >= 0.3 is 6.09 Å². The van der Waals surface area contributed by atoms with Crippen LogP contribution in [0.5, 0.6) is 5.75 Å². The lowest BCUT2D eigenvalue weighted by molar-refractivity contribution is -0.676. The Morgan fingerprint density at radius 2 is 1.85 bits per heavy atom. The van der Waals surface area contributed by atoms with E-state index in [1.807, 2.05) is 48.5 Å². The quantitative estimate of drug-likeness (QED) is 0.422. The van der Waals surface area contributed by atoms with E-state index in [0.717, 1.165) is 55.0 Å². The fraction of sp³-hybridized carbons (Fsp3) is 0.483. The van der Waals surface area contributed by atoms with Gasteiger partial charge in [-0.1, -0.05) is 30.3 Å². The Bertz CT molecular complexity index is 1280. The zero-order valence-electron chi connectivity index (χ0n) is 22.6. The van der Waals surface area contributed by atoms with Crippen molar-refractivity contribution < 1.29 is 28.4 Å². The number of hydrogen-bond acceptors (Lipinski definition) is 6. The standard InChI is InChI=1S/C29H38N5O5/c1-2-33-25-11-10-23(17-26(25)34(27(33)18-30)19-24-9-6-16-37-24)38-21-28(35)31-12-14-32(15-13-31)29(36)39-20-22-7-4-3-5-8-22/h3-5,7-8,10-11,17,24H,2,6,9,12-16,18-21,30H2,1H3/q+1. The summed E-state index contributed by atoms with van der Waals surface area (Å²) in [6.07, 6.45) is 1.94. The number of amides is 2. The van der Waals surface area contributed by atoms with Crippen LogP contribution >= 0.6 is 0 Å². The number of aromatic nitrogens is 2. The largest absolute Gasteiger partial charge is 0.484 e. The van der Waals surface area contributed by atoms with E-state index in [1.165, 1.54) is 0 Å². The van der Waals surface area contributed by atoms with Crippen LogP contribution in [0.4, 0.5) is 4.79 Å². The highest BCUT2D eigenvalue weighted by atomic mass is 16.6. The summed E-state index contributed by atoms with van der Waals surface area (Å²) in [5.41, 5.74) is 9.22. The monoisotopic (exact) mass is 536 g/mol. The molecule has 3 aromatic rings. The number of carbonyl (C=O) groups is 2. The van der Waals surface area contributed by atoms with Crippen LogP contribution in [0.25, 0.3) is 11.0 Å². The maximum absolute atomic E-state index is 12.9. The Hall–Kier alpha value is -3.63. The van der Waals surface area contributed by atoms with Crippen molar-refractivity contribution in [1.29, 1.82) is 0 Å². The lowest BCUT2D eigenvalue weighted by Crippen LogP contribution is -2.51. The highest BCUT2D eigenvalue weighted by Crippen LogP contribution is 2.24. The second-order valence-corrected chi connectivity index (χ2v) is 9.96. The van der Waals surface area contributed by atoms with Gasteiger partial charge < -0.3 is 29.7 Å². The normalized spacial score (nSPS) is 17.5. The predicted octanol–water partition coefficient (Wildman–Crippen LogP) is 2.45. The number of benzene rings is 2. The molecule has 0 spiro atoms. The molecule has 208 valence electrons. The molecule has 2 saturated heterocycles. The van der Waals surface area contributed by atoms with Crippen molar-refractivity contribution in [3.63, 3.8) is 0 Å². The summed E-state index contributed by atoms with van der Waals surface area (Å²) in [6, 6.07) is 15.5. The van der Waals surface area contributed by atoms with Crippen molar-refractivity contribution in [3.8, 4) is 5.75 Å². The van der Waals surface area contributed by atoms with E-state index in [2.05, 4.69) is 16.1 Å². The van der Waals surface area contributed by atoms with E-state index in [4.69, 9.17) is 19.9 Å². The molecule has 2 aromatic carbocycles. The fourth-order valence-corrected chi connectivity index (χ4v) is 5.42. The molecule has 2 aliphatic rings. The first kappa shape index (κ1) is 27.0. The third-order valence-corrected chi connectivity index (χ3v) is 7.52. The minimum atomic E-state index is -0.359. The van der Waals surface area contributed by atoms with Crippen LogP contribution in [-0.2, 0) is 40.5 Å². The first-order valence-corrected chi connectivity index (χ1v) is 13.8.